The molecule has 0 radical (unpaired) electrons. The molecule has 1 N–H and O–H groups in total. The fourth-order valence-electron chi connectivity index (χ4n) is 2.02. The van der Waals surface area contributed by atoms with E-state index >= 15 is 0 Å². The molecule has 15 heavy (non-hydrogen) atoms. The highest BCUT2D eigenvalue weighted by Gasteiger charge is 2.39. The third-order valence-electron chi connectivity index (χ3n) is 3.65. The predicted octanol–water partition coefficient (Wildman–Crippen LogP) is 1.74. The van der Waals surface area contributed by atoms with Crippen LogP contribution in [0.1, 0.15) is 32.0 Å². The Balaban J connectivity index is 1.65. The second-order valence-electron chi connectivity index (χ2n) is 4.73. The number of rotatable bonds is 6. The molecule has 0 saturated heterocycles. The smallest absolute Gasteiger partial charge is 0.109 e. The van der Waals surface area contributed by atoms with Gasteiger partial charge in [-0.3, -0.25) is 0 Å². The summed E-state index contributed by atoms with van der Waals surface area (Å²) in [6, 6.07) is 0. The van der Waals surface area contributed by atoms with E-state index < -0.39 is 0 Å². The van der Waals surface area contributed by atoms with Crippen LogP contribution < -0.4 is 5.32 Å². The van der Waals surface area contributed by atoms with Gasteiger partial charge >= 0.3 is 0 Å². The van der Waals surface area contributed by atoms with Crippen molar-refractivity contribution in [2.45, 2.75) is 32.6 Å². The van der Waals surface area contributed by atoms with Crippen molar-refractivity contribution < 1.29 is 0 Å². The second kappa shape index (κ2) is 4.35. The van der Waals surface area contributed by atoms with Crippen LogP contribution in [-0.2, 0) is 13.5 Å². The summed E-state index contributed by atoms with van der Waals surface area (Å²) < 4.78 is 2.09. The molecule has 0 atom stereocenters. The van der Waals surface area contributed by atoms with E-state index in [0.29, 0.717) is 5.41 Å². The maximum Gasteiger partial charge on any atom is 0.109 e. The number of imidazole rings is 1. The molecular weight excluding hydrogens is 186 g/mol. The van der Waals surface area contributed by atoms with Crippen LogP contribution >= 0.6 is 0 Å². The van der Waals surface area contributed by atoms with Gasteiger partial charge in [-0.05, 0) is 24.7 Å². The summed E-state index contributed by atoms with van der Waals surface area (Å²) in [4.78, 5) is 4.31. The van der Waals surface area contributed by atoms with Crippen LogP contribution in [0.5, 0.6) is 0 Å². The Morgan fingerprint density at radius 1 is 1.53 bits per heavy atom. The molecule has 0 spiro atoms. The highest BCUT2D eigenvalue weighted by molar-refractivity contribution is 4.95. The Labute approximate surface area is 91.9 Å². The van der Waals surface area contributed by atoms with Crippen LogP contribution in [0.3, 0.4) is 0 Å². The molecule has 0 aromatic carbocycles. The summed E-state index contributed by atoms with van der Waals surface area (Å²) in [6.45, 7) is 4.54. The quantitative estimate of drug-likeness (QED) is 0.720. The van der Waals surface area contributed by atoms with Gasteiger partial charge in [-0.1, -0.05) is 6.92 Å². The number of aromatic nitrogens is 2. The molecule has 0 amide bonds. The Bertz CT molecular complexity index is 312. The highest BCUT2D eigenvalue weighted by Crippen LogP contribution is 2.47. The average Bonchev–Trinajstić information content (AvgIpc) is 2.92. The zero-order valence-electron chi connectivity index (χ0n) is 9.79. The van der Waals surface area contributed by atoms with E-state index in [2.05, 4.69) is 28.8 Å². The lowest BCUT2D eigenvalue weighted by atomic mass is 10.0. The molecule has 1 aliphatic carbocycles. The van der Waals surface area contributed by atoms with Crippen molar-refractivity contribution in [1.29, 1.82) is 0 Å². The molecule has 1 aromatic heterocycles. The van der Waals surface area contributed by atoms with Gasteiger partial charge in [0.25, 0.3) is 0 Å². The van der Waals surface area contributed by atoms with Crippen molar-refractivity contribution in [3.63, 3.8) is 0 Å². The van der Waals surface area contributed by atoms with Crippen molar-refractivity contribution in [2.75, 3.05) is 13.1 Å². The number of aryl methyl sites for hydroxylation is 1. The Kier molecular flexibility index (Phi) is 3.10. The summed E-state index contributed by atoms with van der Waals surface area (Å²) in [5.74, 6) is 1.17. The van der Waals surface area contributed by atoms with Crippen molar-refractivity contribution in [1.82, 2.24) is 14.9 Å². The van der Waals surface area contributed by atoms with Gasteiger partial charge in [0, 0.05) is 39.0 Å². The fourth-order valence-corrected chi connectivity index (χ4v) is 2.02. The van der Waals surface area contributed by atoms with Gasteiger partial charge in [-0.2, -0.15) is 0 Å². The van der Waals surface area contributed by atoms with Gasteiger partial charge < -0.3 is 9.88 Å². The van der Waals surface area contributed by atoms with Crippen LogP contribution in [0.2, 0.25) is 0 Å². The monoisotopic (exact) mass is 207 g/mol. The molecule has 0 bridgehead atoms. The molecule has 3 heteroatoms. The van der Waals surface area contributed by atoms with Gasteiger partial charge in [0.2, 0.25) is 0 Å². The first-order valence-corrected chi connectivity index (χ1v) is 5.93. The summed E-state index contributed by atoms with van der Waals surface area (Å²) in [6.07, 6.45) is 9.05. The lowest BCUT2D eigenvalue weighted by molar-refractivity contribution is 0.444. The van der Waals surface area contributed by atoms with Crippen molar-refractivity contribution in [3.8, 4) is 0 Å². The molecule has 0 unspecified atom stereocenters. The molecule has 1 aliphatic rings. The van der Waals surface area contributed by atoms with Crippen LogP contribution in [0.15, 0.2) is 12.4 Å². The number of hydrogen-bond donors (Lipinski definition) is 1. The van der Waals surface area contributed by atoms with E-state index in [0.717, 1.165) is 13.0 Å². The molecule has 0 aliphatic heterocycles. The summed E-state index contributed by atoms with van der Waals surface area (Å²) in [5, 5.41) is 3.55. The molecule has 2 rings (SSSR count). The van der Waals surface area contributed by atoms with E-state index in [1.165, 1.54) is 31.6 Å². The average molecular weight is 207 g/mol. The second-order valence-corrected chi connectivity index (χ2v) is 4.73. The van der Waals surface area contributed by atoms with E-state index in [1.54, 1.807) is 0 Å². The minimum atomic E-state index is 0.654. The van der Waals surface area contributed by atoms with Gasteiger partial charge in [-0.15, -0.1) is 0 Å². The third kappa shape index (κ3) is 2.59. The normalized spacial score (nSPS) is 18.0. The van der Waals surface area contributed by atoms with Gasteiger partial charge in [-0.25, -0.2) is 4.98 Å². The highest BCUT2D eigenvalue weighted by atomic mass is 15.0. The first-order valence-electron chi connectivity index (χ1n) is 5.93. The third-order valence-corrected chi connectivity index (χ3v) is 3.65. The lowest BCUT2D eigenvalue weighted by Gasteiger charge is -2.13. The SMILES string of the molecule is CCC1(CNCCc2nccn2C)CC1. The number of nitrogens with one attached hydrogen (secondary N) is 1. The zero-order chi connectivity index (χ0) is 10.7. The molecule has 84 valence electrons. The van der Waals surface area contributed by atoms with Crippen LogP contribution in [-0.4, -0.2) is 22.6 Å². The molecular formula is C12H21N3. The standard InChI is InChI=1S/C12H21N3/c1-3-12(5-6-12)10-13-7-4-11-14-8-9-15(11)2/h8-9,13H,3-7,10H2,1-2H3. The van der Waals surface area contributed by atoms with Gasteiger partial charge in [0.05, 0.1) is 0 Å². The van der Waals surface area contributed by atoms with Crippen molar-refractivity contribution in [3.05, 3.63) is 18.2 Å². The van der Waals surface area contributed by atoms with Crippen molar-refractivity contribution in [2.24, 2.45) is 12.5 Å². The Morgan fingerprint density at radius 3 is 2.87 bits per heavy atom. The summed E-state index contributed by atoms with van der Waals surface area (Å²) in [5.41, 5.74) is 0.654. The zero-order valence-corrected chi connectivity index (χ0v) is 9.79. The van der Waals surface area contributed by atoms with E-state index in [-0.39, 0.29) is 0 Å². The van der Waals surface area contributed by atoms with E-state index in [4.69, 9.17) is 0 Å². The molecule has 1 heterocycles. The fraction of sp³-hybridized carbons (Fsp3) is 0.750. The molecule has 3 nitrogen and oxygen atoms in total. The minimum Gasteiger partial charge on any atom is -0.338 e. The van der Waals surface area contributed by atoms with Crippen LogP contribution in [0.4, 0.5) is 0 Å². The molecule has 1 saturated carbocycles. The topological polar surface area (TPSA) is 29.9 Å². The van der Waals surface area contributed by atoms with Crippen LogP contribution in [0.25, 0.3) is 0 Å². The van der Waals surface area contributed by atoms with Crippen molar-refractivity contribution >= 4 is 0 Å². The van der Waals surface area contributed by atoms with Gasteiger partial charge in [0.1, 0.15) is 5.82 Å². The van der Waals surface area contributed by atoms with Gasteiger partial charge in [0.15, 0.2) is 0 Å². The maximum absolute atomic E-state index is 4.31. The number of hydrogen-bond acceptors (Lipinski definition) is 2. The minimum absolute atomic E-state index is 0.654. The van der Waals surface area contributed by atoms with E-state index in [9.17, 15) is 0 Å². The summed E-state index contributed by atoms with van der Waals surface area (Å²) >= 11 is 0. The van der Waals surface area contributed by atoms with E-state index in [1.807, 2.05) is 12.4 Å². The Hall–Kier alpha value is -0.830. The maximum atomic E-state index is 4.31. The largest absolute Gasteiger partial charge is 0.338 e. The first kappa shape index (κ1) is 10.7. The molecule has 1 aromatic rings. The molecule has 1 fully saturated rings. The first-order chi connectivity index (χ1) is 7.26. The summed E-state index contributed by atoms with van der Waals surface area (Å²) in [7, 11) is 2.05. The lowest BCUT2D eigenvalue weighted by Crippen LogP contribution is -2.26. The number of nitrogens with zero attached hydrogens (tertiary/aromatic N) is 2. The predicted molar refractivity (Wildman–Crippen MR) is 61.7 cm³/mol. The Morgan fingerprint density at radius 2 is 2.33 bits per heavy atom. The van der Waals surface area contributed by atoms with Crippen LogP contribution in [0, 0.1) is 5.41 Å².